The van der Waals surface area contributed by atoms with Crippen LogP contribution in [-0.4, -0.2) is 71.4 Å². The third-order valence-corrected chi connectivity index (χ3v) is 7.83. The Morgan fingerprint density at radius 2 is 1.68 bits per heavy atom. The third kappa shape index (κ3) is 7.96. The second-order valence-corrected chi connectivity index (χ2v) is 11.4. The van der Waals surface area contributed by atoms with Crippen molar-refractivity contribution in [1.29, 1.82) is 0 Å². The predicted octanol–water partition coefficient (Wildman–Crippen LogP) is 6.29. The van der Waals surface area contributed by atoms with Gasteiger partial charge in [-0.05, 0) is 61.9 Å². The summed E-state index contributed by atoms with van der Waals surface area (Å²) in [4.78, 5) is 29.5. The average Bonchev–Trinajstić information content (AvgIpc) is 2.97. The SMILES string of the molecule is COC(=O)NCC1(F)CCN(Cc2cc(Oc3cnc(N4CCCCC4)nc3)nc(-c3cc(Cl)cc(Cl)c3)c2)CC1. The van der Waals surface area contributed by atoms with Crippen molar-refractivity contribution in [1.82, 2.24) is 25.2 Å². The highest BCUT2D eigenvalue weighted by molar-refractivity contribution is 6.35. The minimum absolute atomic E-state index is 0.0704. The predicted molar refractivity (Wildman–Crippen MR) is 157 cm³/mol. The zero-order valence-electron chi connectivity index (χ0n) is 22.9. The number of alkyl halides is 1. The normalized spacial score (nSPS) is 17.2. The number of hydrogen-bond acceptors (Lipinski definition) is 8. The van der Waals surface area contributed by atoms with E-state index in [9.17, 15) is 4.79 Å². The van der Waals surface area contributed by atoms with Crippen LogP contribution in [-0.2, 0) is 11.3 Å². The van der Waals surface area contributed by atoms with Crippen LogP contribution in [0.4, 0.5) is 15.1 Å². The van der Waals surface area contributed by atoms with Gasteiger partial charge < -0.3 is 19.7 Å². The molecule has 0 aliphatic carbocycles. The number of halogens is 3. The van der Waals surface area contributed by atoms with E-state index in [1.54, 1.807) is 30.6 Å². The molecule has 2 aromatic heterocycles. The van der Waals surface area contributed by atoms with E-state index in [-0.39, 0.29) is 6.54 Å². The van der Waals surface area contributed by atoms with Crippen LogP contribution in [0.5, 0.6) is 11.6 Å². The molecule has 2 fully saturated rings. The van der Waals surface area contributed by atoms with Crippen molar-refractivity contribution >= 4 is 35.2 Å². The lowest BCUT2D eigenvalue weighted by Crippen LogP contribution is -2.48. The van der Waals surface area contributed by atoms with Crippen LogP contribution in [0.3, 0.4) is 0 Å². The topological polar surface area (TPSA) is 92.7 Å². The molecule has 0 atom stereocenters. The molecule has 2 aliphatic heterocycles. The summed E-state index contributed by atoms with van der Waals surface area (Å²) in [5.74, 6) is 1.55. The van der Waals surface area contributed by atoms with E-state index in [1.165, 1.54) is 13.5 Å². The zero-order chi connectivity index (χ0) is 28.8. The Bertz CT molecular complexity index is 1330. The number of carbonyl (C=O) groups is 1. The standard InChI is InChI=1S/C29H33Cl2FN6O3/c1-40-28(39)35-19-29(32)5-9-37(10-6-29)18-20-11-25(21-13-22(30)15-23(31)14-21)36-26(12-20)41-24-16-33-27(34-17-24)38-7-3-2-4-8-38/h11-17H,2-10,18-19H2,1H3,(H,35,39). The molecule has 1 aromatic carbocycles. The molecule has 5 rings (SSSR count). The molecule has 2 saturated heterocycles. The molecule has 218 valence electrons. The van der Waals surface area contributed by atoms with E-state index in [4.69, 9.17) is 32.9 Å². The number of methoxy groups -OCH3 is 1. The maximum atomic E-state index is 15.2. The summed E-state index contributed by atoms with van der Waals surface area (Å²) in [5, 5.41) is 3.48. The summed E-state index contributed by atoms with van der Waals surface area (Å²) < 4.78 is 25.9. The monoisotopic (exact) mass is 602 g/mol. The van der Waals surface area contributed by atoms with Crippen LogP contribution in [0, 0.1) is 0 Å². The minimum Gasteiger partial charge on any atom is -0.453 e. The number of aromatic nitrogens is 3. The lowest BCUT2D eigenvalue weighted by atomic mass is 9.93. The van der Waals surface area contributed by atoms with E-state index in [0.29, 0.717) is 65.8 Å². The van der Waals surface area contributed by atoms with Crippen molar-refractivity contribution in [3.8, 4) is 22.9 Å². The number of pyridine rings is 1. The van der Waals surface area contributed by atoms with Crippen molar-refractivity contribution in [2.24, 2.45) is 0 Å². The molecule has 0 radical (unpaired) electrons. The molecule has 1 N–H and O–H groups in total. The summed E-state index contributed by atoms with van der Waals surface area (Å²) in [6.45, 7) is 3.46. The van der Waals surface area contributed by atoms with Crippen LogP contribution in [0.2, 0.25) is 10.0 Å². The van der Waals surface area contributed by atoms with Crippen LogP contribution < -0.4 is 15.0 Å². The second kappa shape index (κ2) is 13.2. The molecule has 0 unspecified atom stereocenters. The van der Waals surface area contributed by atoms with Gasteiger partial charge in [0.25, 0.3) is 0 Å². The zero-order valence-corrected chi connectivity index (χ0v) is 24.4. The smallest absolute Gasteiger partial charge is 0.406 e. The number of ether oxygens (including phenoxy) is 2. The Kier molecular flexibility index (Phi) is 9.42. The number of piperidine rings is 2. The van der Waals surface area contributed by atoms with Gasteiger partial charge in [-0.2, -0.15) is 0 Å². The van der Waals surface area contributed by atoms with Gasteiger partial charge in [-0.25, -0.2) is 24.1 Å². The third-order valence-electron chi connectivity index (χ3n) is 7.39. The molecule has 12 heteroatoms. The van der Waals surface area contributed by atoms with Gasteiger partial charge in [0, 0.05) is 54.4 Å². The van der Waals surface area contributed by atoms with Gasteiger partial charge in [-0.3, -0.25) is 4.90 Å². The van der Waals surface area contributed by atoms with E-state index in [0.717, 1.165) is 37.1 Å². The molecule has 4 heterocycles. The highest BCUT2D eigenvalue weighted by atomic mass is 35.5. The summed E-state index contributed by atoms with van der Waals surface area (Å²) in [7, 11) is 1.26. The van der Waals surface area contributed by atoms with Gasteiger partial charge >= 0.3 is 6.09 Å². The number of nitrogens with zero attached hydrogens (tertiary/aromatic N) is 5. The maximum absolute atomic E-state index is 15.2. The molecule has 0 saturated carbocycles. The van der Waals surface area contributed by atoms with Gasteiger partial charge in [0.2, 0.25) is 11.8 Å². The van der Waals surface area contributed by atoms with Crippen LogP contribution >= 0.6 is 23.2 Å². The highest BCUT2D eigenvalue weighted by Crippen LogP contribution is 2.32. The van der Waals surface area contributed by atoms with Crippen molar-refractivity contribution in [3.63, 3.8) is 0 Å². The summed E-state index contributed by atoms with van der Waals surface area (Å²) in [6, 6.07) is 9.09. The Balaban J connectivity index is 1.33. The Morgan fingerprint density at radius 1 is 1.00 bits per heavy atom. The van der Waals surface area contributed by atoms with E-state index in [2.05, 4.69) is 29.8 Å². The number of hydrogen-bond donors (Lipinski definition) is 1. The maximum Gasteiger partial charge on any atom is 0.406 e. The van der Waals surface area contributed by atoms with E-state index < -0.39 is 11.8 Å². The molecule has 1 amide bonds. The quantitative estimate of drug-likeness (QED) is 0.321. The second-order valence-electron chi connectivity index (χ2n) is 10.5. The molecular weight excluding hydrogens is 570 g/mol. The largest absolute Gasteiger partial charge is 0.453 e. The van der Waals surface area contributed by atoms with Gasteiger partial charge in [-0.15, -0.1) is 0 Å². The Labute approximate surface area is 249 Å². The number of alkyl carbamates (subject to hydrolysis) is 1. The van der Waals surface area contributed by atoms with Crippen molar-refractivity contribution in [3.05, 3.63) is 58.3 Å². The fourth-order valence-corrected chi connectivity index (χ4v) is 5.67. The summed E-state index contributed by atoms with van der Waals surface area (Å²) in [5.41, 5.74) is 0.861. The minimum atomic E-state index is -1.47. The lowest BCUT2D eigenvalue weighted by Gasteiger charge is -2.36. The fourth-order valence-electron chi connectivity index (χ4n) is 5.14. The first-order chi connectivity index (χ1) is 19.8. The molecule has 9 nitrogen and oxygen atoms in total. The molecule has 0 bridgehead atoms. The van der Waals surface area contributed by atoms with Gasteiger partial charge in [0.05, 0.1) is 31.7 Å². The first-order valence-electron chi connectivity index (χ1n) is 13.7. The first kappa shape index (κ1) is 29.3. The number of carbonyl (C=O) groups excluding carboxylic acids is 1. The summed E-state index contributed by atoms with van der Waals surface area (Å²) in [6.07, 6.45) is 6.80. The van der Waals surface area contributed by atoms with Crippen molar-refractivity contribution in [2.45, 2.75) is 44.3 Å². The van der Waals surface area contributed by atoms with Gasteiger partial charge in [0.1, 0.15) is 5.67 Å². The molecule has 2 aliphatic rings. The van der Waals surface area contributed by atoms with Crippen molar-refractivity contribution in [2.75, 3.05) is 44.7 Å². The van der Waals surface area contributed by atoms with E-state index >= 15 is 4.39 Å². The van der Waals surface area contributed by atoms with Crippen LogP contribution in [0.1, 0.15) is 37.7 Å². The average molecular weight is 604 g/mol. The van der Waals surface area contributed by atoms with Crippen molar-refractivity contribution < 1.29 is 18.7 Å². The molecule has 0 spiro atoms. The van der Waals surface area contributed by atoms with Gasteiger partial charge in [0.15, 0.2) is 5.75 Å². The summed E-state index contributed by atoms with van der Waals surface area (Å²) >= 11 is 12.6. The Morgan fingerprint density at radius 3 is 2.34 bits per heavy atom. The van der Waals surface area contributed by atoms with E-state index in [1.807, 2.05) is 12.1 Å². The first-order valence-corrected chi connectivity index (χ1v) is 14.5. The number of nitrogens with one attached hydrogen (secondary N) is 1. The number of likely N-dealkylation sites (tertiary alicyclic amines) is 1. The molecule has 41 heavy (non-hydrogen) atoms. The number of rotatable bonds is 8. The lowest BCUT2D eigenvalue weighted by molar-refractivity contribution is 0.0536. The molecular formula is C29H33Cl2FN6O3. The molecule has 3 aromatic rings. The number of benzene rings is 1. The van der Waals surface area contributed by atoms with Crippen LogP contribution in [0.25, 0.3) is 11.3 Å². The number of amides is 1. The fraction of sp³-hybridized carbons (Fsp3) is 0.448. The highest BCUT2D eigenvalue weighted by Gasteiger charge is 2.35. The number of anilines is 1. The van der Waals surface area contributed by atoms with Crippen LogP contribution in [0.15, 0.2) is 42.7 Å². The Hall–Kier alpha value is -3.21. The van der Waals surface area contributed by atoms with Gasteiger partial charge in [-0.1, -0.05) is 23.2 Å².